The molecule has 1 fully saturated rings. The Bertz CT molecular complexity index is 1150. The molecule has 1 saturated heterocycles. The van der Waals surface area contributed by atoms with Crippen molar-refractivity contribution in [1.29, 1.82) is 5.26 Å². The Morgan fingerprint density at radius 2 is 2.06 bits per heavy atom. The molecule has 1 unspecified atom stereocenters. The van der Waals surface area contributed by atoms with Crippen LogP contribution in [0.2, 0.25) is 0 Å². The maximum atomic E-state index is 10.6. The number of anilines is 1. The smallest absolute Gasteiger partial charge is 0.475 e. The number of hydrogen-bond acceptors (Lipinski definition) is 6. The molecule has 1 atom stereocenters. The fourth-order valence-corrected chi connectivity index (χ4v) is 3.38. The van der Waals surface area contributed by atoms with E-state index in [0.717, 1.165) is 47.5 Å². The van der Waals surface area contributed by atoms with Gasteiger partial charge in [-0.1, -0.05) is 18.2 Å². The molecule has 11 heteroatoms. The van der Waals surface area contributed by atoms with E-state index >= 15 is 0 Å². The normalized spacial score (nSPS) is 16.0. The van der Waals surface area contributed by atoms with Gasteiger partial charge >= 0.3 is 12.1 Å². The molecule has 1 aliphatic rings. The summed E-state index contributed by atoms with van der Waals surface area (Å²) in [6.45, 7) is 3.68. The lowest BCUT2D eigenvalue weighted by atomic mass is 10.1. The molecule has 0 radical (unpaired) electrons. The minimum absolute atomic E-state index is 0.199. The minimum Gasteiger partial charge on any atom is -0.475 e. The molecule has 3 heterocycles. The molecule has 0 bridgehead atoms. The van der Waals surface area contributed by atoms with Gasteiger partial charge in [-0.15, -0.1) is 0 Å². The molecular weight excluding hydrogens is 413 g/mol. The Hall–Kier alpha value is -3.65. The highest BCUT2D eigenvalue weighted by Gasteiger charge is 2.38. The van der Waals surface area contributed by atoms with Crippen molar-refractivity contribution in [3.05, 3.63) is 41.9 Å². The van der Waals surface area contributed by atoms with E-state index in [1.165, 1.54) is 0 Å². The molecule has 1 aromatic carbocycles. The molecule has 2 aromatic heterocycles. The molecular formula is C20H19F3N6O2. The Morgan fingerprint density at radius 1 is 1.39 bits per heavy atom. The molecule has 0 amide bonds. The molecule has 4 rings (SSSR count). The van der Waals surface area contributed by atoms with Gasteiger partial charge in [0.1, 0.15) is 17.6 Å². The quantitative estimate of drug-likeness (QED) is 0.567. The summed E-state index contributed by atoms with van der Waals surface area (Å²) < 4.78 is 31.7. The fraction of sp³-hybridized carbons (Fsp3) is 0.300. The van der Waals surface area contributed by atoms with Gasteiger partial charge in [0.15, 0.2) is 0 Å². The number of nitrogens with zero attached hydrogens (tertiary/aromatic N) is 4. The number of aliphatic carboxylic acids is 1. The first-order chi connectivity index (χ1) is 14.6. The van der Waals surface area contributed by atoms with Crippen LogP contribution in [0.25, 0.3) is 22.2 Å². The van der Waals surface area contributed by atoms with Gasteiger partial charge in [0.2, 0.25) is 0 Å². The fourth-order valence-electron chi connectivity index (χ4n) is 3.38. The number of nitrogens with two attached hydrogens (primary N) is 1. The number of nitriles is 1. The molecule has 0 saturated carbocycles. The Kier molecular flexibility index (Phi) is 6.12. The Balaban J connectivity index is 0.000000339. The highest BCUT2D eigenvalue weighted by atomic mass is 19.4. The van der Waals surface area contributed by atoms with Crippen molar-refractivity contribution in [2.24, 2.45) is 5.73 Å². The van der Waals surface area contributed by atoms with Gasteiger partial charge in [-0.25, -0.2) is 14.8 Å². The molecule has 162 valence electrons. The lowest BCUT2D eigenvalue weighted by molar-refractivity contribution is -0.192. The number of hydrogen-bond donors (Lipinski definition) is 3. The van der Waals surface area contributed by atoms with Crippen molar-refractivity contribution >= 4 is 22.7 Å². The van der Waals surface area contributed by atoms with Crippen molar-refractivity contribution in [2.75, 3.05) is 18.0 Å². The summed E-state index contributed by atoms with van der Waals surface area (Å²) in [6.07, 6.45) is -2.35. The monoisotopic (exact) mass is 432 g/mol. The van der Waals surface area contributed by atoms with Gasteiger partial charge in [-0.05, 0) is 19.4 Å². The summed E-state index contributed by atoms with van der Waals surface area (Å²) in [4.78, 5) is 23.6. The molecule has 3 aromatic rings. The number of benzene rings is 1. The zero-order chi connectivity index (χ0) is 22.8. The first-order valence-electron chi connectivity index (χ1n) is 9.27. The highest BCUT2D eigenvalue weighted by Crippen LogP contribution is 2.32. The average molecular weight is 432 g/mol. The summed E-state index contributed by atoms with van der Waals surface area (Å²) in [7, 11) is 0. The third kappa shape index (κ3) is 4.75. The van der Waals surface area contributed by atoms with Crippen LogP contribution in [0.15, 0.2) is 30.5 Å². The number of carboxylic acid groups (broad SMARTS) is 1. The predicted molar refractivity (Wildman–Crippen MR) is 107 cm³/mol. The molecule has 4 N–H and O–H groups in total. The maximum Gasteiger partial charge on any atom is 0.490 e. The van der Waals surface area contributed by atoms with E-state index in [4.69, 9.17) is 20.6 Å². The van der Waals surface area contributed by atoms with E-state index in [-0.39, 0.29) is 6.04 Å². The van der Waals surface area contributed by atoms with Gasteiger partial charge in [0, 0.05) is 35.6 Å². The second-order valence-corrected chi connectivity index (χ2v) is 6.99. The zero-order valence-corrected chi connectivity index (χ0v) is 16.4. The number of alkyl halides is 3. The van der Waals surface area contributed by atoms with E-state index < -0.39 is 12.1 Å². The van der Waals surface area contributed by atoms with Gasteiger partial charge in [0.05, 0.1) is 17.6 Å². The van der Waals surface area contributed by atoms with Crippen molar-refractivity contribution in [1.82, 2.24) is 15.0 Å². The van der Waals surface area contributed by atoms with Gasteiger partial charge < -0.3 is 20.7 Å². The van der Waals surface area contributed by atoms with Crippen molar-refractivity contribution < 1.29 is 23.1 Å². The number of halogens is 3. The van der Waals surface area contributed by atoms with E-state index in [2.05, 4.69) is 20.9 Å². The second-order valence-electron chi connectivity index (χ2n) is 6.99. The van der Waals surface area contributed by atoms with Crippen LogP contribution in [0.1, 0.15) is 17.8 Å². The number of para-hydroxylation sites is 1. The van der Waals surface area contributed by atoms with Crippen LogP contribution in [0.5, 0.6) is 0 Å². The summed E-state index contributed by atoms with van der Waals surface area (Å²) in [5, 5.41) is 17.6. The first kappa shape index (κ1) is 22.0. The number of carboxylic acids is 1. The third-order valence-corrected chi connectivity index (χ3v) is 4.76. The van der Waals surface area contributed by atoms with Crippen molar-refractivity contribution in [3.8, 4) is 17.3 Å². The predicted octanol–water partition coefficient (Wildman–Crippen LogP) is 2.98. The van der Waals surface area contributed by atoms with Crippen molar-refractivity contribution in [3.63, 3.8) is 0 Å². The number of carbonyl (C=O) groups is 1. The first-order valence-corrected chi connectivity index (χ1v) is 9.27. The van der Waals surface area contributed by atoms with Crippen LogP contribution < -0.4 is 10.6 Å². The topological polar surface area (TPSA) is 132 Å². The number of H-pyrrole nitrogens is 1. The third-order valence-electron chi connectivity index (χ3n) is 4.76. The average Bonchev–Trinajstić information content (AvgIpc) is 3.30. The summed E-state index contributed by atoms with van der Waals surface area (Å²) in [5.74, 6) is -1.88. The summed E-state index contributed by atoms with van der Waals surface area (Å²) in [6, 6.07) is 10.3. The van der Waals surface area contributed by atoms with Gasteiger partial charge in [-0.2, -0.15) is 18.4 Å². The van der Waals surface area contributed by atoms with E-state index in [1.807, 2.05) is 31.2 Å². The maximum absolute atomic E-state index is 10.6. The molecule has 1 aliphatic heterocycles. The van der Waals surface area contributed by atoms with Gasteiger partial charge in [0.25, 0.3) is 0 Å². The Labute approximate surface area is 175 Å². The van der Waals surface area contributed by atoms with E-state index in [1.54, 1.807) is 6.20 Å². The molecule has 0 aliphatic carbocycles. The second kappa shape index (κ2) is 8.61. The SMILES string of the molecule is Cc1nc(-c2c(C#N)[nH]c3ccccc23)cnc1N1CCC(N)C1.O=C(O)C(F)(F)F. The van der Waals surface area contributed by atoms with Crippen LogP contribution in [0.4, 0.5) is 19.0 Å². The lowest BCUT2D eigenvalue weighted by Gasteiger charge is -2.18. The number of rotatable bonds is 2. The molecule has 8 nitrogen and oxygen atoms in total. The number of aromatic amines is 1. The van der Waals surface area contributed by atoms with E-state index in [0.29, 0.717) is 11.4 Å². The minimum atomic E-state index is -5.08. The number of fused-ring (bicyclic) bond motifs is 1. The lowest BCUT2D eigenvalue weighted by Crippen LogP contribution is -2.27. The van der Waals surface area contributed by atoms with Gasteiger partial charge in [-0.3, -0.25) is 0 Å². The summed E-state index contributed by atoms with van der Waals surface area (Å²) >= 11 is 0. The highest BCUT2D eigenvalue weighted by molar-refractivity contribution is 5.97. The standard InChI is InChI=1S/C18H18N6.C2HF3O2/c1-11-18(24-7-6-12(20)10-24)21-9-16(22-11)17-13-4-2-3-5-14(13)23-15(17)8-19;3-2(4,5)1(6)7/h2-5,9,12,23H,6-7,10,20H2,1H3;(H,6,7). The van der Waals surface area contributed by atoms with Crippen LogP contribution in [0.3, 0.4) is 0 Å². The van der Waals surface area contributed by atoms with E-state index in [9.17, 15) is 18.4 Å². The number of nitrogens with one attached hydrogen (secondary N) is 1. The number of aryl methyl sites for hydroxylation is 1. The largest absolute Gasteiger partial charge is 0.490 e. The van der Waals surface area contributed by atoms with Crippen LogP contribution in [-0.2, 0) is 4.79 Å². The summed E-state index contributed by atoms with van der Waals surface area (Å²) in [5.41, 5.74) is 9.82. The van der Waals surface area contributed by atoms with Crippen molar-refractivity contribution in [2.45, 2.75) is 25.6 Å². The van der Waals surface area contributed by atoms with Crippen LogP contribution in [0, 0.1) is 18.3 Å². The number of aromatic nitrogens is 3. The van der Waals surface area contributed by atoms with Crippen LogP contribution in [-0.4, -0.2) is 51.3 Å². The molecule has 31 heavy (non-hydrogen) atoms. The Morgan fingerprint density at radius 3 is 2.61 bits per heavy atom. The molecule has 0 spiro atoms. The van der Waals surface area contributed by atoms with Crippen LogP contribution >= 0.6 is 0 Å². The zero-order valence-electron chi connectivity index (χ0n) is 16.4.